The van der Waals surface area contributed by atoms with Crippen molar-refractivity contribution in [2.45, 2.75) is 33.2 Å². The molecule has 0 bridgehead atoms. The van der Waals surface area contributed by atoms with E-state index in [9.17, 15) is 9.59 Å². The van der Waals surface area contributed by atoms with Gasteiger partial charge < -0.3 is 10.3 Å². The Hall–Kier alpha value is -1.95. The molecular formula is C14H17N3O2S. The number of rotatable bonds is 4. The Kier molecular flexibility index (Phi) is 4.34. The molecule has 0 aliphatic rings. The molecule has 106 valence electrons. The largest absolute Gasteiger partial charge is 0.343 e. The number of carbonyl (C=O) groups excluding carboxylic acids is 1. The minimum atomic E-state index is -0.222. The molecule has 5 nitrogen and oxygen atoms in total. The number of nitrogens with zero attached hydrogens (tertiary/aromatic N) is 1. The summed E-state index contributed by atoms with van der Waals surface area (Å²) in [5, 5.41) is 3.86. The molecule has 0 fully saturated rings. The lowest BCUT2D eigenvalue weighted by Gasteiger charge is -2.14. The summed E-state index contributed by atoms with van der Waals surface area (Å²) in [7, 11) is 0. The fourth-order valence-electron chi connectivity index (χ4n) is 1.78. The van der Waals surface area contributed by atoms with Gasteiger partial charge in [0.1, 0.15) is 5.01 Å². The van der Waals surface area contributed by atoms with E-state index in [0.717, 1.165) is 22.0 Å². The summed E-state index contributed by atoms with van der Waals surface area (Å²) in [6.07, 6.45) is 2.18. The van der Waals surface area contributed by atoms with Crippen molar-refractivity contribution < 1.29 is 4.79 Å². The second-order valence-corrected chi connectivity index (χ2v) is 5.80. The van der Waals surface area contributed by atoms with E-state index in [-0.39, 0.29) is 17.5 Å². The molecule has 6 heteroatoms. The van der Waals surface area contributed by atoms with Crippen LogP contribution in [0.2, 0.25) is 0 Å². The van der Waals surface area contributed by atoms with E-state index in [4.69, 9.17) is 0 Å². The van der Waals surface area contributed by atoms with Gasteiger partial charge in [0.25, 0.3) is 5.91 Å². The minimum absolute atomic E-state index is 0.105. The van der Waals surface area contributed by atoms with E-state index in [1.54, 1.807) is 11.3 Å². The third kappa shape index (κ3) is 3.14. The summed E-state index contributed by atoms with van der Waals surface area (Å²) in [6.45, 7) is 5.99. The number of hydrogen-bond donors (Lipinski definition) is 2. The molecule has 1 atom stereocenters. The lowest BCUT2D eigenvalue weighted by molar-refractivity contribution is 0.0935. The third-order valence-electron chi connectivity index (χ3n) is 3.10. The van der Waals surface area contributed by atoms with Crippen LogP contribution in [0.5, 0.6) is 0 Å². The number of pyridine rings is 1. The van der Waals surface area contributed by atoms with Crippen LogP contribution in [0.3, 0.4) is 0 Å². The summed E-state index contributed by atoms with van der Waals surface area (Å²) in [4.78, 5) is 31.3. The van der Waals surface area contributed by atoms with Gasteiger partial charge >= 0.3 is 0 Å². The van der Waals surface area contributed by atoms with E-state index in [1.807, 2.05) is 20.8 Å². The topological polar surface area (TPSA) is 74.8 Å². The van der Waals surface area contributed by atoms with Gasteiger partial charge in [-0.05, 0) is 26.3 Å². The Morgan fingerprint density at radius 1 is 1.45 bits per heavy atom. The lowest BCUT2D eigenvalue weighted by Crippen LogP contribution is -2.28. The molecule has 2 rings (SSSR count). The van der Waals surface area contributed by atoms with Crippen molar-refractivity contribution in [2.24, 2.45) is 0 Å². The van der Waals surface area contributed by atoms with Gasteiger partial charge in [-0.1, -0.05) is 6.92 Å². The van der Waals surface area contributed by atoms with Crippen LogP contribution in [-0.2, 0) is 0 Å². The summed E-state index contributed by atoms with van der Waals surface area (Å²) in [5.41, 5.74) is 1.22. The normalized spacial score (nSPS) is 12.2. The molecule has 2 N–H and O–H groups in total. The summed E-state index contributed by atoms with van der Waals surface area (Å²) in [5.74, 6) is -0.210. The van der Waals surface area contributed by atoms with E-state index in [2.05, 4.69) is 15.3 Å². The van der Waals surface area contributed by atoms with Gasteiger partial charge in [0, 0.05) is 17.1 Å². The highest BCUT2D eigenvalue weighted by atomic mass is 32.1. The van der Waals surface area contributed by atoms with Gasteiger partial charge in [0.15, 0.2) is 0 Å². The van der Waals surface area contributed by atoms with E-state index >= 15 is 0 Å². The highest BCUT2D eigenvalue weighted by molar-refractivity contribution is 7.11. The number of nitrogens with one attached hydrogen (secondary N) is 2. The van der Waals surface area contributed by atoms with Crippen LogP contribution >= 0.6 is 11.3 Å². The highest BCUT2D eigenvalue weighted by Gasteiger charge is 2.18. The molecule has 0 saturated carbocycles. The zero-order chi connectivity index (χ0) is 14.7. The fourth-order valence-corrected chi connectivity index (χ4v) is 2.84. The Bertz CT molecular complexity index is 635. The number of aromatic nitrogens is 2. The maximum atomic E-state index is 12.1. The number of carbonyl (C=O) groups is 1. The minimum Gasteiger partial charge on any atom is -0.343 e. The predicted molar refractivity (Wildman–Crippen MR) is 79.1 cm³/mol. The highest BCUT2D eigenvalue weighted by Crippen LogP contribution is 2.25. The van der Waals surface area contributed by atoms with Gasteiger partial charge in [-0.3, -0.25) is 9.59 Å². The molecule has 2 heterocycles. The molecule has 20 heavy (non-hydrogen) atoms. The van der Waals surface area contributed by atoms with Gasteiger partial charge in [-0.25, -0.2) is 4.98 Å². The molecule has 2 aromatic heterocycles. The van der Waals surface area contributed by atoms with Crippen LogP contribution in [0.1, 0.15) is 45.3 Å². The Labute approximate surface area is 121 Å². The SMILES string of the molecule is CCC(NC(=O)c1ccc(=O)[nH]c1)c1nc(C)c(C)s1. The van der Waals surface area contributed by atoms with Crippen molar-refractivity contribution in [3.8, 4) is 0 Å². The Morgan fingerprint density at radius 3 is 2.70 bits per heavy atom. The van der Waals surface area contributed by atoms with Crippen molar-refractivity contribution >= 4 is 17.2 Å². The number of amides is 1. The van der Waals surface area contributed by atoms with Crippen molar-refractivity contribution in [2.75, 3.05) is 0 Å². The van der Waals surface area contributed by atoms with Crippen LogP contribution < -0.4 is 10.9 Å². The second kappa shape index (κ2) is 6.00. The smallest absolute Gasteiger partial charge is 0.253 e. The number of hydrogen-bond acceptors (Lipinski definition) is 4. The Morgan fingerprint density at radius 2 is 2.20 bits per heavy atom. The number of H-pyrrole nitrogens is 1. The van der Waals surface area contributed by atoms with Gasteiger partial charge in [-0.15, -0.1) is 11.3 Å². The zero-order valence-electron chi connectivity index (χ0n) is 11.7. The summed E-state index contributed by atoms with van der Waals surface area (Å²) < 4.78 is 0. The quantitative estimate of drug-likeness (QED) is 0.908. The monoisotopic (exact) mass is 291 g/mol. The number of thiazole rings is 1. The standard InChI is InChI=1S/C14H17N3O2S/c1-4-11(14-16-8(2)9(3)20-14)17-13(19)10-5-6-12(18)15-7-10/h5-7,11H,4H2,1-3H3,(H,15,18)(H,17,19). The van der Waals surface area contributed by atoms with Crippen molar-refractivity contribution in [1.82, 2.24) is 15.3 Å². The van der Waals surface area contributed by atoms with Crippen LogP contribution in [-0.4, -0.2) is 15.9 Å². The first-order valence-corrected chi connectivity index (χ1v) is 7.26. The molecule has 0 aliphatic carbocycles. The molecule has 0 spiro atoms. The summed E-state index contributed by atoms with van der Waals surface area (Å²) >= 11 is 1.60. The molecule has 0 radical (unpaired) electrons. The average Bonchev–Trinajstić information content (AvgIpc) is 2.76. The van der Waals surface area contributed by atoms with Gasteiger partial charge in [0.2, 0.25) is 5.56 Å². The van der Waals surface area contributed by atoms with Crippen LogP contribution in [0.25, 0.3) is 0 Å². The fraction of sp³-hybridized carbons (Fsp3) is 0.357. The van der Waals surface area contributed by atoms with Crippen molar-refractivity contribution in [1.29, 1.82) is 0 Å². The zero-order valence-corrected chi connectivity index (χ0v) is 12.5. The molecule has 1 unspecified atom stereocenters. The maximum Gasteiger partial charge on any atom is 0.253 e. The van der Waals surface area contributed by atoms with Crippen LogP contribution in [0.4, 0.5) is 0 Å². The average molecular weight is 291 g/mol. The van der Waals surface area contributed by atoms with Crippen molar-refractivity contribution in [3.05, 3.63) is 49.8 Å². The number of aryl methyl sites for hydroxylation is 2. The molecule has 2 aromatic rings. The first-order chi connectivity index (χ1) is 9.51. The molecule has 0 aliphatic heterocycles. The Balaban J connectivity index is 2.15. The first-order valence-electron chi connectivity index (χ1n) is 6.44. The van der Waals surface area contributed by atoms with E-state index in [0.29, 0.717) is 5.56 Å². The van der Waals surface area contributed by atoms with Gasteiger partial charge in [0.05, 0.1) is 17.3 Å². The predicted octanol–water partition coefficient (Wildman–Crippen LogP) is 2.33. The molecular weight excluding hydrogens is 274 g/mol. The van der Waals surface area contributed by atoms with Crippen LogP contribution in [0, 0.1) is 13.8 Å². The van der Waals surface area contributed by atoms with E-state index in [1.165, 1.54) is 18.3 Å². The van der Waals surface area contributed by atoms with Gasteiger partial charge in [-0.2, -0.15) is 0 Å². The van der Waals surface area contributed by atoms with E-state index < -0.39 is 0 Å². The third-order valence-corrected chi connectivity index (χ3v) is 4.29. The molecule has 0 aromatic carbocycles. The maximum absolute atomic E-state index is 12.1. The second-order valence-electron chi connectivity index (χ2n) is 4.57. The van der Waals surface area contributed by atoms with Crippen LogP contribution in [0.15, 0.2) is 23.1 Å². The number of aromatic amines is 1. The summed E-state index contributed by atoms with van der Waals surface area (Å²) in [6, 6.07) is 2.75. The first kappa shape index (κ1) is 14.5. The molecule has 1 amide bonds. The van der Waals surface area contributed by atoms with Crippen molar-refractivity contribution in [3.63, 3.8) is 0 Å². The molecule has 0 saturated heterocycles. The lowest BCUT2D eigenvalue weighted by atomic mass is 10.2.